The van der Waals surface area contributed by atoms with Gasteiger partial charge >= 0.3 is 0 Å². The van der Waals surface area contributed by atoms with Gasteiger partial charge in [-0.1, -0.05) is 6.07 Å². The average molecular weight is 215 g/mol. The number of carbonyl (C=O) groups is 1. The van der Waals surface area contributed by atoms with E-state index in [0.717, 1.165) is 16.7 Å². The van der Waals surface area contributed by atoms with E-state index in [0.29, 0.717) is 12.2 Å². The molecule has 1 aromatic heterocycles. The lowest BCUT2D eigenvalue weighted by Gasteiger charge is -2.08. The second-order valence-electron chi connectivity index (χ2n) is 3.50. The number of fused-ring (bicyclic) bond motifs is 1. The third kappa shape index (κ3) is 1.76. The fourth-order valence-electron chi connectivity index (χ4n) is 1.73. The van der Waals surface area contributed by atoms with E-state index in [1.165, 1.54) is 0 Å². The molecule has 0 aliphatic heterocycles. The number of hydrogen-bond donors (Lipinski definition) is 0. The quantitative estimate of drug-likeness (QED) is 0.739. The van der Waals surface area contributed by atoms with Crippen molar-refractivity contribution in [3.63, 3.8) is 0 Å². The second-order valence-corrected chi connectivity index (χ2v) is 3.50. The smallest absolute Gasteiger partial charge is 0.160 e. The van der Waals surface area contributed by atoms with Crippen LogP contribution in [0.1, 0.15) is 24.2 Å². The minimum absolute atomic E-state index is 0.0426. The van der Waals surface area contributed by atoms with Gasteiger partial charge in [-0.3, -0.25) is 9.78 Å². The number of Topliss-reactive ketones (excluding diaryl/α,β-unsaturated/α-hetero) is 1. The van der Waals surface area contributed by atoms with Crippen LogP contribution in [0.4, 0.5) is 0 Å². The van der Waals surface area contributed by atoms with Crippen molar-refractivity contribution in [3.05, 3.63) is 36.0 Å². The summed E-state index contributed by atoms with van der Waals surface area (Å²) in [6.45, 7) is 4.07. The van der Waals surface area contributed by atoms with Gasteiger partial charge in [-0.15, -0.1) is 0 Å². The highest BCUT2D eigenvalue weighted by Crippen LogP contribution is 2.26. The standard InChI is InChI=1S/C13H13NO2/c1-3-16-12-7-6-10(9(2)15)11-5-4-8-14-13(11)12/h4-8H,3H2,1-2H3. The number of carbonyl (C=O) groups excluding carboxylic acids is 1. The van der Waals surface area contributed by atoms with E-state index in [-0.39, 0.29) is 5.78 Å². The molecule has 0 radical (unpaired) electrons. The number of nitrogens with zero attached hydrogens (tertiary/aromatic N) is 1. The zero-order valence-corrected chi connectivity index (χ0v) is 9.36. The van der Waals surface area contributed by atoms with E-state index >= 15 is 0 Å². The summed E-state index contributed by atoms with van der Waals surface area (Å²) in [6.07, 6.45) is 1.70. The van der Waals surface area contributed by atoms with Crippen LogP contribution in [0.2, 0.25) is 0 Å². The number of hydrogen-bond acceptors (Lipinski definition) is 3. The molecule has 0 bridgehead atoms. The first-order chi connectivity index (χ1) is 7.74. The van der Waals surface area contributed by atoms with Crippen molar-refractivity contribution in [1.29, 1.82) is 0 Å². The first kappa shape index (κ1) is 10.6. The molecule has 0 aliphatic rings. The summed E-state index contributed by atoms with van der Waals surface area (Å²) in [7, 11) is 0. The summed E-state index contributed by atoms with van der Waals surface area (Å²) in [5, 5.41) is 0.848. The fourth-order valence-corrected chi connectivity index (χ4v) is 1.73. The highest BCUT2D eigenvalue weighted by Gasteiger charge is 2.10. The van der Waals surface area contributed by atoms with Crippen LogP contribution in [-0.2, 0) is 0 Å². The number of ether oxygens (including phenoxy) is 1. The predicted octanol–water partition coefficient (Wildman–Crippen LogP) is 2.84. The Balaban J connectivity index is 2.71. The van der Waals surface area contributed by atoms with Crippen molar-refractivity contribution in [2.45, 2.75) is 13.8 Å². The van der Waals surface area contributed by atoms with Crippen LogP contribution in [0.25, 0.3) is 10.9 Å². The molecule has 0 unspecified atom stereocenters. The Labute approximate surface area is 94.1 Å². The SMILES string of the molecule is CCOc1ccc(C(C)=O)c2cccnc12. The Morgan fingerprint density at radius 3 is 2.88 bits per heavy atom. The highest BCUT2D eigenvalue weighted by molar-refractivity contribution is 6.07. The zero-order chi connectivity index (χ0) is 11.5. The average Bonchev–Trinajstić information content (AvgIpc) is 2.29. The summed E-state index contributed by atoms with van der Waals surface area (Å²) >= 11 is 0. The molecule has 2 rings (SSSR count). The Morgan fingerprint density at radius 1 is 1.38 bits per heavy atom. The molecule has 1 aromatic carbocycles. The predicted molar refractivity (Wildman–Crippen MR) is 62.9 cm³/mol. The van der Waals surface area contributed by atoms with E-state index in [4.69, 9.17) is 4.74 Å². The lowest BCUT2D eigenvalue weighted by Crippen LogP contribution is -1.98. The van der Waals surface area contributed by atoms with Gasteiger partial charge < -0.3 is 4.74 Å². The summed E-state index contributed by atoms with van der Waals surface area (Å²) in [6, 6.07) is 7.30. The van der Waals surface area contributed by atoms with Gasteiger partial charge in [0.05, 0.1) is 6.61 Å². The molecule has 0 N–H and O–H groups in total. The molecule has 0 spiro atoms. The Hall–Kier alpha value is -1.90. The van der Waals surface area contributed by atoms with E-state index in [1.54, 1.807) is 25.3 Å². The minimum atomic E-state index is 0.0426. The molecular weight excluding hydrogens is 202 g/mol. The minimum Gasteiger partial charge on any atom is -0.492 e. The normalized spacial score (nSPS) is 10.4. The molecule has 0 amide bonds. The molecule has 0 fully saturated rings. The summed E-state index contributed by atoms with van der Waals surface area (Å²) < 4.78 is 5.48. The van der Waals surface area contributed by atoms with Crippen molar-refractivity contribution < 1.29 is 9.53 Å². The van der Waals surface area contributed by atoms with Gasteiger partial charge in [-0.05, 0) is 32.0 Å². The van der Waals surface area contributed by atoms with Gasteiger partial charge in [0.2, 0.25) is 0 Å². The maximum absolute atomic E-state index is 11.5. The molecule has 0 saturated carbocycles. The maximum Gasteiger partial charge on any atom is 0.160 e. The van der Waals surface area contributed by atoms with Gasteiger partial charge in [0.25, 0.3) is 0 Å². The van der Waals surface area contributed by atoms with Gasteiger partial charge in [0, 0.05) is 17.1 Å². The van der Waals surface area contributed by atoms with E-state index in [1.807, 2.05) is 19.1 Å². The van der Waals surface area contributed by atoms with Crippen LogP contribution in [0.15, 0.2) is 30.5 Å². The van der Waals surface area contributed by atoms with Gasteiger partial charge in [-0.2, -0.15) is 0 Å². The van der Waals surface area contributed by atoms with Crippen LogP contribution < -0.4 is 4.74 Å². The number of ketones is 1. The first-order valence-corrected chi connectivity index (χ1v) is 5.25. The molecule has 3 heteroatoms. The van der Waals surface area contributed by atoms with E-state index < -0.39 is 0 Å². The third-order valence-electron chi connectivity index (χ3n) is 2.41. The number of pyridine rings is 1. The molecule has 0 atom stereocenters. The molecule has 1 heterocycles. The summed E-state index contributed by atoms with van der Waals surface area (Å²) in [5.41, 5.74) is 1.43. The first-order valence-electron chi connectivity index (χ1n) is 5.25. The van der Waals surface area contributed by atoms with Gasteiger partial charge in [-0.25, -0.2) is 0 Å². The van der Waals surface area contributed by atoms with Crippen LogP contribution in [-0.4, -0.2) is 17.4 Å². The Bertz CT molecular complexity index is 534. The maximum atomic E-state index is 11.5. The van der Waals surface area contributed by atoms with Gasteiger partial charge in [0.15, 0.2) is 5.78 Å². The molecule has 2 aromatic rings. The Kier molecular flexibility index (Phi) is 2.86. The summed E-state index contributed by atoms with van der Waals surface area (Å²) in [4.78, 5) is 15.7. The topological polar surface area (TPSA) is 39.2 Å². The zero-order valence-electron chi connectivity index (χ0n) is 9.36. The molecule has 82 valence electrons. The monoisotopic (exact) mass is 215 g/mol. The van der Waals surface area contributed by atoms with Crippen molar-refractivity contribution in [2.24, 2.45) is 0 Å². The van der Waals surface area contributed by atoms with E-state index in [9.17, 15) is 4.79 Å². The largest absolute Gasteiger partial charge is 0.492 e. The van der Waals surface area contributed by atoms with Crippen molar-refractivity contribution in [3.8, 4) is 5.75 Å². The van der Waals surface area contributed by atoms with Crippen LogP contribution in [0.5, 0.6) is 5.75 Å². The number of rotatable bonds is 3. The lowest BCUT2D eigenvalue weighted by atomic mass is 10.0. The lowest BCUT2D eigenvalue weighted by molar-refractivity contribution is 0.101. The fraction of sp³-hybridized carbons (Fsp3) is 0.231. The molecular formula is C13H13NO2. The molecule has 16 heavy (non-hydrogen) atoms. The second kappa shape index (κ2) is 4.31. The number of benzene rings is 1. The molecule has 0 aliphatic carbocycles. The molecule has 0 saturated heterocycles. The Morgan fingerprint density at radius 2 is 2.19 bits per heavy atom. The van der Waals surface area contributed by atoms with E-state index in [2.05, 4.69) is 4.98 Å². The van der Waals surface area contributed by atoms with Crippen molar-refractivity contribution in [2.75, 3.05) is 6.61 Å². The van der Waals surface area contributed by atoms with Crippen molar-refractivity contribution in [1.82, 2.24) is 4.98 Å². The third-order valence-corrected chi connectivity index (χ3v) is 2.41. The van der Waals surface area contributed by atoms with Gasteiger partial charge in [0.1, 0.15) is 11.3 Å². The number of aromatic nitrogens is 1. The highest BCUT2D eigenvalue weighted by atomic mass is 16.5. The van der Waals surface area contributed by atoms with Crippen LogP contribution >= 0.6 is 0 Å². The molecule has 3 nitrogen and oxygen atoms in total. The summed E-state index contributed by atoms with van der Waals surface area (Å²) in [5.74, 6) is 0.768. The van der Waals surface area contributed by atoms with Crippen LogP contribution in [0.3, 0.4) is 0 Å². The van der Waals surface area contributed by atoms with Crippen LogP contribution in [0, 0.1) is 0 Å². The van der Waals surface area contributed by atoms with Crippen molar-refractivity contribution >= 4 is 16.7 Å².